The van der Waals surface area contributed by atoms with Crippen LogP contribution in [0.4, 0.5) is 0 Å². The number of nitrogens with zero attached hydrogens (tertiary/aromatic N) is 2. The van der Waals surface area contributed by atoms with E-state index in [2.05, 4.69) is 30.8 Å². The minimum absolute atomic E-state index is 0.232. The number of nitriles is 1. The zero-order valence-electron chi connectivity index (χ0n) is 9.77. The minimum atomic E-state index is 0.232. The average molecular weight is 212 g/mol. The number of pyridine rings is 1. The lowest BCUT2D eigenvalue weighted by molar-refractivity contribution is 0.450. The quantitative estimate of drug-likeness (QED) is 0.719. The summed E-state index contributed by atoms with van der Waals surface area (Å²) in [7, 11) is 0. The van der Waals surface area contributed by atoms with Gasteiger partial charge in [0, 0.05) is 30.3 Å². The average Bonchev–Trinajstić information content (AvgIpc) is 2.35. The normalized spacial score (nSPS) is 13.5. The molecule has 0 bridgehead atoms. The summed E-state index contributed by atoms with van der Waals surface area (Å²) in [4.78, 5) is 4.12. The third-order valence-electron chi connectivity index (χ3n) is 3.00. The van der Waals surface area contributed by atoms with E-state index in [0.717, 1.165) is 17.5 Å². The molecule has 1 aromatic heterocycles. The molecule has 0 aromatic carbocycles. The van der Waals surface area contributed by atoms with Crippen molar-refractivity contribution in [3.8, 4) is 18.4 Å². The predicted molar refractivity (Wildman–Crippen MR) is 64.6 cm³/mol. The van der Waals surface area contributed by atoms with Gasteiger partial charge in [-0.25, -0.2) is 0 Å². The van der Waals surface area contributed by atoms with Crippen molar-refractivity contribution in [2.45, 2.75) is 32.6 Å². The maximum atomic E-state index is 8.86. The molecular formula is C14H16N2. The lowest BCUT2D eigenvalue weighted by Gasteiger charge is -2.20. The van der Waals surface area contributed by atoms with Crippen LogP contribution in [0.3, 0.4) is 0 Å². The largest absolute Gasteiger partial charge is 0.263 e. The summed E-state index contributed by atoms with van der Waals surface area (Å²) in [5.74, 6) is 3.28. The zero-order chi connectivity index (χ0) is 12.0. The van der Waals surface area contributed by atoms with E-state index < -0.39 is 0 Å². The van der Waals surface area contributed by atoms with Crippen LogP contribution in [0.1, 0.15) is 43.7 Å². The van der Waals surface area contributed by atoms with E-state index in [1.807, 2.05) is 12.3 Å². The Morgan fingerprint density at radius 3 is 2.81 bits per heavy atom. The third kappa shape index (κ3) is 2.84. The Kier molecular flexibility index (Phi) is 4.55. The highest BCUT2D eigenvalue weighted by Gasteiger charge is 2.18. The molecule has 1 rings (SSSR count). The number of hydrogen-bond acceptors (Lipinski definition) is 2. The van der Waals surface area contributed by atoms with Crippen LogP contribution < -0.4 is 0 Å². The lowest BCUT2D eigenvalue weighted by Crippen LogP contribution is -2.09. The van der Waals surface area contributed by atoms with Crippen LogP contribution in [0.2, 0.25) is 0 Å². The molecule has 2 unspecified atom stereocenters. The highest BCUT2D eigenvalue weighted by atomic mass is 14.6. The summed E-state index contributed by atoms with van der Waals surface area (Å²) < 4.78 is 0. The molecule has 16 heavy (non-hydrogen) atoms. The second-order valence-electron chi connectivity index (χ2n) is 4.01. The van der Waals surface area contributed by atoms with E-state index in [1.165, 1.54) is 0 Å². The molecule has 0 aliphatic heterocycles. The molecule has 0 aliphatic carbocycles. The summed E-state index contributed by atoms with van der Waals surface area (Å²) in [5.41, 5.74) is 1.86. The minimum Gasteiger partial charge on any atom is -0.263 e. The van der Waals surface area contributed by atoms with E-state index in [-0.39, 0.29) is 5.92 Å². The molecular weight excluding hydrogens is 196 g/mol. The van der Waals surface area contributed by atoms with Crippen molar-refractivity contribution in [2.24, 2.45) is 5.92 Å². The van der Waals surface area contributed by atoms with Gasteiger partial charge in [0.15, 0.2) is 0 Å². The molecule has 2 heteroatoms. The molecule has 0 saturated heterocycles. The number of rotatable bonds is 4. The predicted octanol–water partition coefficient (Wildman–Crippen LogP) is 3.11. The molecule has 0 radical (unpaired) electrons. The van der Waals surface area contributed by atoms with E-state index in [4.69, 9.17) is 11.7 Å². The molecule has 2 nitrogen and oxygen atoms in total. The van der Waals surface area contributed by atoms with E-state index >= 15 is 0 Å². The molecule has 0 saturated carbocycles. The zero-order valence-corrected chi connectivity index (χ0v) is 9.77. The summed E-state index contributed by atoms with van der Waals surface area (Å²) in [6, 6.07) is 4.20. The monoisotopic (exact) mass is 212 g/mol. The van der Waals surface area contributed by atoms with Gasteiger partial charge in [-0.1, -0.05) is 26.2 Å². The van der Waals surface area contributed by atoms with Gasteiger partial charge in [0.25, 0.3) is 0 Å². The van der Waals surface area contributed by atoms with Gasteiger partial charge in [-0.2, -0.15) is 5.26 Å². The smallest absolute Gasteiger partial charge is 0.0628 e. The second-order valence-corrected chi connectivity index (χ2v) is 4.01. The number of terminal acetylenes is 1. The Labute approximate surface area is 97.3 Å². The number of aromatic nitrogens is 1. The van der Waals surface area contributed by atoms with E-state index in [9.17, 15) is 0 Å². The molecule has 0 spiro atoms. The topological polar surface area (TPSA) is 36.7 Å². The number of hydrogen-bond donors (Lipinski definition) is 0. The van der Waals surface area contributed by atoms with Gasteiger partial charge >= 0.3 is 0 Å². The van der Waals surface area contributed by atoms with Crippen molar-refractivity contribution in [3.63, 3.8) is 0 Å². The van der Waals surface area contributed by atoms with Gasteiger partial charge < -0.3 is 0 Å². The fourth-order valence-corrected chi connectivity index (χ4v) is 1.77. The summed E-state index contributed by atoms with van der Waals surface area (Å²) in [5, 5.41) is 8.86. The first-order valence-corrected chi connectivity index (χ1v) is 5.51. The van der Waals surface area contributed by atoms with Gasteiger partial charge in [-0.3, -0.25) is 4.98 Å². The van der Waals surface area contributed by atoms with Crippen LogP contribution in [0.15, 0.2) is 18.5 Å². The van der Waals surface area contributed by atoms with Crippen molar-refractivity contribution < 1.29 is 0 Å². The lowest BCUT2D eigenvalue weighted by atomic mass is 9.84. The van der Waals surface area contributed by atoms with Crippen molar-refractivity contribution in [2.75, 3.05) is 0 Å². The van der Waals surface area contributed by atoms with Crippen LogP contribution >= 0.6 is 0 Å². The van der Waals surface area contributed by atoms with E-state index in [1.54, 1.807) is 6.20 Å². The highest BCUT2D eigenvalue weighted by Crippen LogP contribution is 2.29. The van der Waals surface area contributed by atoms with Gasteiger partial charge in [0.1, 0.15) is 0 Å². The van der Waals surface area contributed by atoms with Crippen molar-refractivity contribution in [1.29, 1.82) is 5.26 Å². The summed E-state index contributed by atoms with van der Waals surface area (Å²) in [6.45, 7) is 4.29. The maximum absolute atomic E-state index is 8.86. The fourth-order valence-electron chi connectivity index (χ4n) is 1.77. The Hall–Kier alpha value is -1.80. The van der Waals surface area contributed by atoms with E-state index in [0.29, 0.717) is 12.3 Å². The first kappa shape index (κ1) is 12.3. The fraction of sp³-hybridized carbons (Fsp3) is 0.429. The first-order chi connectivity index (χ1) is 7.72. The summed E-state index contributed by atoms with van der Waals surface area (Å²) in [6.07, 6.45) is 10.4. The van der Waals surface area contributed by atoms with Crippen molar-refractivity contribution >= 4 is 0 Å². The third-order valence-corrected chi connectivity index (χ3v) is 3.00. The Balaban J connectivity index is 3.02. The molecule has 0 fully saturated rings. The van der Waals surface area contributed by atoms with Crippen molar-refractivity contribution in [3.05, 3.63) is 29.6 Å². The van der Waals surface area contributed by atoms with Crippen LogP contribution in [0, 0.1) is 29.6 Å². The molecule has 1 heterocycles. The standard InChI is InChI=1S/C14H16N2/c1-4-11(3)14(6-7-15)13-8-12(5-2)9-16-10-13/h2,8-11,14H,4,6H2,1,3H3. The Morgan fingerprint density at radius 1 is 1.50 bits per heavy atom. The van der Waals surface area contributed by atoms with Crippen molar-refractivity contribution in [1.82, 2.24) is 4.98 Å². The van der Waals surface area contributed by atoms with Crippen LogP contribution in [-0.2, 0) is 0 Å². The molecule has 0 amide bonds. The molecule has 0 N–H and O–H groups in total. The van der Waals surface area contributed by atoms with Gasteiger partial charge in [0.2, 0.25) is 0 Å². The second kappa shape index (κ2) is 5.93. The maximum Gasteiger partial charge on any atom is 0.0628 e. The first-order valence-electron chi connectivity index (χ1n) is 5.51. The Morgan fingerprint density at radius 2 is 2.25 bits per heavy atom. The molecule has 1 aromatic rings. The van der Waals surface area contributed by atoms with Gasteiger partial charge in [0.05, 0.1) is 6.07 Å². The van der Waals surface area contributed by atoms with Crippen LogP contribution in [0.5, 0.6) is 0 Å². The SMILES string of the molecule is C#Cc1cncc(C(CC#N)C(C)CC)c1. The molecule has 0 aliphatic rings. The van der Waals surface area contributed by atoms with Gasteiger partial charge in [-0.15, -0.1) is 6.42 Å². The summed E-state index contributed by atoms with van der Waals surface area (Å²) >= 11 is 0. The van der Waals surface area contributed by atoms with Crippen LogP contribution in [-0.4, -0.2) is 4.98 Å². The molecule has 82 valence electrons. The molecule has 2 atom stereocenters. The highest BCUT2D eigenvalue weighted by molar-refractivity contribution is 5.33. The Bertz CT molecular complexity index is 423. The van der Waals surface area contributed by atoms with Gasteiger partial charge in [-0.05, 0) is 17.5 Å². The van der Waals surface area contributed by atoms with Crippen LogP contribution in [0.25, 0.3) is 0 Å².